The van der Waals surface area contributed by atoms with E-state index in [-0.39, 0.29) is 14.5 Å². The number of sulfonamides is 1. The molecule has 37 heavy (non-hydrogen) atoms. The summed E-state index contributed by atoms with van der Waals surface area (Å²) in [4.78, 5) is 0. The van der Waals surface area contributed by atoms with Crippen LogP contribution < -0.4 is 5.32 Å². The van der Waals surface area contributed by atoms with Gasteiger partial charge < -0.3 is 5.32 Å². The number of unbranched alkanes of at least 4 members (excludes halogenated alkanes) is 12. The Bertz CT molecular complexity index is 1060. The normalized spacial score (nSPS) is 19.6. The lowest BCUT2D eigenvalue weighted by Crippen LogP contribution is -2.33. The smallest absolute Gasteiger partial charge is 0.291 e. The Labute approximate surface area is 230 Å². The summed E-state index contributed by atoms with van der Waals surface area (Å²) in [6.07, 6.45) is 23.1. The van der Waals surface area contributed by atoms with E-state index in [0.29, 0.717) is 24.9 Å². The molecule has 0 amide bonds. The van der Waals surface area contributed by atoms with Gasteiger partial charge in [0.1, 0.15) is 8.42 Å². The van der Waals surface area contributed by atoms with Crippen LogP contribution in [0.15, 0.2) is 31.0 Å². The van der Waals surface area contributed by atoms with Crippen molar-refractivity contribution in [2.45, 2.75) is 137 Å². The van der Waals surface area contributed by atoms with Crippen molar-refractivity contribution in [2.24, 2.45) is 4.40 Å². The molecule has 1 aromatic heterocycles. The molecule has 1 N–H and O–H groups in total. The Balaban J connectivity index is 1.67. The maximum Gasteiger partial charge on any atom is 0.291 e. The van der Waals surface area contributed by atoms with Crippen LogP contribution in [0, 0.1) is 0 Å². The van der Waals surface area contributed by atoms with Crippen molar-refractivity contribution < 1.29 is 16.8 Å². The highest BCUT2D eigenvalue weighted by atomic mass is 32.3. The minimum Gasteiger partial charge on any atom is -0.310 e. The second-order valence-electron chi connectivity index (χ2n) is 10.1. The lowest BCUT2D eigenvalue weighted by molar-refractivity contribution is 0.477. The third-order valence-corrected chi connectivity index (χ3v) is 12.6. The molecule has 0 fully saturated rings. The zero-order valence-electron chi connectivity index (χ0n) is 23.1. The van der Waals surface area contributed by atoms with E-state index in [0.717, 1.165) is 37.0 Å². The van der Waals surface area contributed by atoms with Gasteiger partial charge >= 0.3 is 0 Å². The van der Waals surface area contributed by atoms with Gasteiger partial charge in [-0.05, 0) is 64.5 Å². The van der Waals surface area contributed by atoms with Gasteiger partial charge in [0.2, 0.25) is 0 Å². The fraction of sp³-hybridized carbons (Fsp3) is 0.750. The van der Waals surface area contributed by atoms with Crippen LogP contribution in [0.25, 0.3) is 0 Å². The van der Waals surface area contributed by atoms with Gasteiger partial charge in [0.15, 0.2) is 9.84 Å². The number of sulfone groups is 1. The number of allylic oxidation sites excluding steroid dienone is 2. The van der Waals surface area contributed by atoms with Crippen molar-refractivity contribution in [3.8, 4) is 0 Å². The molecule has 2 rings (SSSR count). The first-order chi connectivity index (χ1) is 17.7. The first-order valence-corrected chi connectivity index (χ1v) is 18.1. The van der Waals surface area contributed by atoms with Gasteiger partial charge in [-0.3, -0.25) is 0 Å². The minimum absolute atomic E-state index is 0.0128. The monoisotopic (exact) mass is 572 g/mol. The molecule has 0 bridgehead atoms. The molecule has 9 heteroatoms. The predicted octanol–water partition coefficient (Wildman–Crippen LogP) is 7.76. The lowest BCUT2D eigenvalue weighted by Gasteiger charge is -2.27. The van der Waals surface area contributed by atoms with Crippen LogP contribution in [0.5, 0.6) is 0 Å². The van der Waals surface area contributed by atoms with E-state index in [1.807, 2.05) is 6.92 Å². The number of hydrogen-bond acceptors (Lipinski definition) is 6. The van der Waals surface area contributed by atoms with Gasteiger partial charge in [0.25, 0.3) is 10.0 Å². The van der Waals surface area contributed by atoms with Gasteiger partial charge in [0, 0.05) is 17.8 Å². The molecular weight excluding hydrogens is 525 g/mol. The van der Waals surface area contributed by atoms with Crippen molar-refractivity contribution >= 4 is 37.4 Å². The zero-order valence-corrected chi connectivity index (χ0v) is 25.5. The predicted molar refractivity (Wildman–Crippen MR) is 157 cm³/mol. The molecule has 212 valence electrons. The second kappa shape index (κ2) is 16.8. The van der Waals surface area contributed by atoms with E-state index < -0.39 is 25.1 Å². The summed E-state index contributed by atoms with van der Waals surface area (Å²) in [5, 5.41) is 2.74. The number of nitrogens with one attached hydrogen (secondary N) is 1. The summed E-state index contributed by atoms with van der Waals surface area (Å²) in [6, 6.07) is 1.35. The Morgan fingerprint density at radius 1 is 0.946 bits per heavy atom. The average Bonchev–Trinajstić information content (AvgIpc) is 3.33. The van der Waals surface area contributed by atoms with Crippen LogP contribution in [0.2, 0.25) is 0 Å². The highest BCUT2D eigenvalue weighted by Crippen LogP contribution is 2.43. The Hall–Kier alpha value is -1.03. The lowest BCUT2D eigenvalue weighted by atomic mass is 10.1. The summed E-state index contributed by atoms with van der Waals surface area (Å²) in [7, 11) is -7.40. The summed E-state index contributed by atoms with van der Waals surface area (Å²) in [5.74, 6) is 0. The van der Waals surface area contributed by atoms with Crippen LogP contribution in [-0.2, 0) is 19.9 Å². The first-order valence-electron chi connectivity index (χ1n) is 14.3. The summed E-state index contributed by atoms with van der Waals surface area (Å²) < 4.78 is 55.1. The van der Waals surface area contributed by atoms with E-state index in [4.69, 9.17) is 0 Å². The van der Waals surface area contributed by atoms with Crippen LogP contribution in [0.4, 0.5) is 0 Å². The maximum absolute atomic E-state index is 12.8. The zero-order chi connectivity index (χ0) is 27.2. The molecule has 0 aromatic carbocycles. The number of rotatable bonds is 19. The van der Waals surface area contributed by atoms with Crippen LogP contribution >= 0.6 is 11.3 Å². The van der Waals surface area contributed by atoms with Crippen LogP contribution in [-0.4, -0.2) is 34.8 Å². The summed E-state index contributed by atoms with van der Waals surface area (Å²) >= 11 is 0.837. The highest BCUT2D eigenvalue weighted by Gasteiger charge is 2.39. The molecule has 6 nitrogen and oxygen atoms in total. The van der Waals surface area contributed by atoms with E-state index in [1.165, 1.54) is 70.1 Å². The van der Waals surface area contributed by atoms with Gasteiger partial charge in [-0.1, -0.05) is 77.4 Å². The minimum atomic E-state index is -3.89. The van der Waals surface area contributed by atoms with Crippen molar-refractivity contribution in [1.82, 2.24) is 5.32 Å². The first kappa shape index (κ1) is 32.2. The third-order valence-electron chi connectivity index (χ3n) is 6.95. The van der Waals surface area contributed by atoms with Crippen LogP contribution in [0.1, 0.15) is 129 Å². The molecule has 0 saturated heterocycles. The summed E-state index contributed by atoms with van der Waals surface area (Å²) in [5.41, 5.74) is 0.566. The average molecular weight is 573 g/mol. The molecule has 0 unspecified atom stereocenters. The maximum atomic E-state index is 12.8. The van der Waals surface area contributed by atoms with Crippen molar-refractivity contribution in [1.29, 1.82) is 0 Å². The molecule has 1 aliphatic heterocycles. The molecule has 1 aliphatic rings. The fourth-order valence-electron chi connectivity index (χ4n) is 4.68. The SMILES string of the molecule is CCCCCCCC/C=C\CCCCCCC/C=N/S(=O)(=O)c1cc2c(s1)S(=O)(=O)[C@@H](C)C[C@@H]2NCC. The molecule has 1 aromatic rings. The number of thiophene rings is 1. The molecule has 2 atom stereocenters. The van der Waals surface area contributed by atoms with Crippen LogP contribution in [0.3, 0.4) is 0 Å². The third kappa shape index (κ3) is 10.6. The Morgan fingerprint density at radius 2 is 1.51 bits per heavy atom. The van der Waals surface area contributed by atoms with E-state index >= 15 is 0 Å². The van der Waals surface area contributed by atoms with Gasteiger partial charge in [-0.15, -0.1) is 11.3 Å². The van der Waals surface area contributed by atoms with Gasteiger partial charge in [-0.25, -0.2) is 8.42 Å². The standard InChI is InChI=1S/C28H48N2O4S3/c1-4-6-7-8-9-10-11-12-13-14-15-16-17-18-19-20-21-30-37(33,34)27-23-25-26(29-5-2)22-24(3)36(31,32)28(25)35-27/h12-13,21,23-24,26,29H,4-11,14-20,22H2,1-3H3/b13-12-,30-21+/t24-,26-/m0/s1. The number of hydrogen-bond donors (Lipinski definition) is 1. The largest absolute Gasteiger partial charge is 0.310 e. The van der Waals surface area contributed by atoms with Crippen molar-refractivity contribution in [3.05, 3.63) is 23.8 Å². The number of fused-ring (bicyclic) bond motifs is 1. The molecule has 0 saturated carbocycles. The highest BCUT2D eigenvalue weighted by molar-refractivity contribution is 7.96. The molecule has 0 aliphatic carbocycles. The molecule has 0 spiro atoms. The topological polar surface area (TPSA) is 92.7 Å². The Morgan fingerprint density at radius 3 is 2.11 bits per heavy atom. The van der Waals surface area contributed by atoms with E-state index in [9.17, 15) is 16.8 Å². The Kier molecular flexibility index (Phi) is 14.6. The van der Waals surface area contributed by atoms with Crippen molar-refractivity contribution in [2.75, 3.05) is 6.54 Å². The quantitative estimate of drug-likeness (QED) is 0.104. The summed E-state index contributed by atoms with van der Waals surface area (Å²) in [6.45, 7) is 6.57. The van der Waals surface area contributed by atoms with Gasteiger partial charge in [0.05, 0.1) is 5.25 Å². The number of nitrogens with zero attached hydrogens (tertiary/aromatic N) is 1. The van der Waals surface area contributed by atoms with Crippen molar-refractivity contribution in [3.63, 3.8) is 0 Å². The molecular formula is C28H48N2O4S3. The fourth-order valence-corrected chi connectivity index (χ4v) is 9.57. The van der Waals surface area contributed by atoms with E-state index in [2.05, 4.69) is 28.8 Å². The molecule has 0 radical (unpaired) electrons. The molecule has 2 heterocycles. The van der Waals surface area contributed by atoms with Gasteiger partial charge in [-0.2, -0.15) is 12.8 Å². The van der Waals surface area contributed by atoms with E-state index in [1.54, 1.807) is 6.92 Å². The second-order valence-corrected chi connectivity index (χ2v) is 15.6.